The summed E-state index contributed by atoms with van der Waals surface area (Å²) in [6.07, 6.45) is 5.56. The third-order valence-electron chi connectivity index (χ3n) is 4.38. The number of halogens is 1. The van der Waals surface area contributed by atoms with Gasteiger partial charge in [0.05, 0.1) is 5.92 Å². The van der Waals surface area contributed by atoms with Crippen molar-refractivity contribution in [1.29, 1.82) is 0 Å². The topological polar surface area (TPSA) is 63.1 Å². The van der Waals surface area contributed by atoms with Gasteiger partial charge in [0.2, 0.25) is 16.2 Å². The zero-order valence-corrected chi connectivity index (χ0v) is 14.8. The Morgan fingerprint density at radius 3 is 2.81 bits per heavy atom. The minimum atomic E-state index is -0.362. The summed E-state index contributed by atoms with van der Waals surface area (Å²) in [5, 5.41) is 12.9. The van der Waals surface area contributed by atoms with Crippen molar-refractivity contribution >= 4 is 28.1 Å². The van der Waals surface area contributed by atoms with Gasteiger partial charge < -0.3 is 10.2 Å². The van der Waals surface area contributed by atoms with Gasteiger partial charge in [0.1, 0.15) is 5.82 Å². The number of carbonyl (C=O) groups is 1. The highest BCUT2D eigenvalue weighted by Gasteiger charge is 2.28. The number of amides is 1. The third-order valence-corrected chi connectivity index (χ3v) is 5.38. The number of nitrogens with one attached hydrogen (secondary N) is 1. The predicted molar refractivity (Wildman–Crippen MR) is 99.2 cm³/mol. The van der Waals surface area contributed by atoms with Crippen molar-refractivity contribution in [2.75, 3.05) is 23.3 Å². The Bertz CT molecular complexity index is 895. The SMILES string of the molecule is O=C(Nc1cccc(F)c1)C1CCCN(c2nnc(-n3cccc3)s2)C1. The van der Waals surface area contributed by atoms with Gasteiger partial charge in [-0.05, 0) is 43.2 Å². The molecule has 0 bridgehead atoms. The molecule has 134 valence electrons. The molecule has 3 heterocycles. The van der Waals surface area contributed by atoms with Gasteiger partial charge in [-0.2, -0.15) is 0 Å². The number of rotatable bonds is 4. The molecule has 6 nitrogen and oxygen atoms in total. The summed E-state index contributed by atoms with van der Waals surface area (Å²) in [5.41, 5.74) is 0.484. The van der Waals surface area contributed by atoms with E-state index >= 15 is 0 Å². The van der Waals surface area contributed by atoms with E-state index in [-0.39, 0.29) is 17.6 Å². The first-order chi connectivity index (χ1) is 12.7. The largest absolute Gasteiger partial charge is 0.346 e. The summed E-state index contributed by atoms with van der Waals surface area (Å²) in [5.74, 6) is -0.610. The van der Waals surface area contributed by atoms with Crippen molar-refractivity contribution in [2.45, 2.75) is 12.8 Å². The van der Waals surface area contributed by atoms with Crippen LogP contribution in [0.2, 0.25) is 0 Å². The van der Waals surface area contributed by atoms with Crippen LogP contribution in [0, 0.1) is 11.7 Å². The van der Waals surface area contributed by atoms with E-state index in [4.69, 9.17) is 0 Å². The molecule has 1 aliphatic rings. The maximum atomic E-state index is 13.3. The molecule has 0 aliphatic carbocycles. The number of benzene rings is 1. The molecule has 2 aromatic heterocycles. The first kappa shape index (κ1) is 16.7. The Labute approximate surface area is 154 Å². The molecule has 1 N–H and O–H groups in total. The monoisotopic (exact) mass is 371 g/mol. The van der Waals surface area contributed by atoms with Crippen molar-refractivity contribution in [2.24, 2.45) is 5.92 Å². The highest BCUT2D eigenvalue weighted by Crippen LogP contribution is 2.28. The van der Waals surface area contributed by atoms with Gasteiger partial charge in [0.25, 0.3) is 0 Å². The average molecular weight is 371 g/mol. The molecular weight excluding hydrogens is 353 g/mol. The van der Waals surface area contributed by atoms with Crippen LogP contribution in [0.15, 0.2) is 48.8 Å². The van der Waals surface area contributed by atoms with Crippen LogP contribution >= 0.6 is 11.3 Å². The lowest BCUT2D eigenvalue weighted by atomic mass is 9.97. The molecule has 0 saturated carbocycles. The van der Waals surface area contributed by atoms with E-state index in [0.29, 0.717) is 12.2 Å². The second kappa shape index (κ2) is 7.25. The first-order valence-corrected chi connectivity index (χ1v) is 9.29. The van der Waals surface area contributed by atoms with Crippen LogP contribution in [0.3, 0.4) is 0 Å². The van der Waals surface area contributed by atoms with Crippen LogP contribution in [-0.2, 0) is 4.79 Å². The van der Waals surface area contributed by atoms with Gasteiger partial charge in [-0.15, -0.1) is 10.2 Å². The minimum Gasteiger partial charge on any atom is -0.346 e. The first-order valence-electron chi connectivity index (χ1n) is 8.47. The Hall–Kier alpha value is -2.74. The summed E-state index contributed by atoms with van der Waals surface area (Å²) in [6.45, 7) is 1.44. The van der Waals surface area contributed by atoms with Gasteiger partial charge in [-0.1, -0.05) is 17.4 Å². The van der Waals surface area contributed by atoms with Gasteiger partial charge in [-0.3, -0.25) is 9.36 Å². The van der Waals surface area contributed by atoms with Crippen molar-refractivity contribution in [3.8, 4) is 5.13 Å². The smallest absolute Gasteiger partial charge is 0.229 e. The average Bonchev–Trinajstić information content (AvgIpc) is 3.33. The molecule has 1 atom stereocenters. The lowest BCUT2D eigenvalue weighted by Crippen LogP contribution is -2.40. The molecule has 3 aromatic rings. The molecule has 1 aromatic carbocycles. The fourth-order valence-corrected chi connectivity index (χ4v) is 3.93. The molecule has 1 aliphatic heterocycles. The van der Waals surface area contributed by atoms with Crippen molar-refractivity contribution in [3.05, 3.63) is 54.6 Å². The summed E-state index contributed by atoms with van der Waals surface area (Å²) in [4.78, 5) is 14.7. The van der Waals surface area contributed by atoms with Crippen LogP contribution in [0.4, 0.5) is 15.2 Å². The van der Waals surface area contributed by atoms with Gasteiger partial charge in [0, 0.05) is 31.2 Å². The number of carbonyl (C=O) groups excluding carboxylic acids is 1. The van der Waals surface area contributed by atoms with Crippen LogP contribution in [0.25, 0.3) is 5.13 Å². The molecule has 0 radical (unpaired) electrons. The van der Waals surface area contributed by atoms with Gasteiger partial charge >= 0.3 is 0 Å². The summed E-state index contributed by atoms with van der Waals surface area (Å²) < 4.78 is 15.2. The highest BCUT2D eigenvalue weighted by atomic mass is 32.1. The zero-order valence-electron chi connectivity index (χ0n) is 14.0. The predicted octanol–water partition coefficient (Wildman–Crippen LogP) is 3.32. The molecule has 1 amide bonds. The number of hydrogen-bond acceptors (Lipinski definition) is 5. The number of piperidine rings is 1. The standard InChI is InChI=1S/C18H18FN5OS/c19-14-6-3-7-15(11-14)20-16(25)13-5-4-10-24(12-13)18-22-21-17(26-18)23-8-1-2-9-23/h1-3,6-9,11,13H,4-5,10,12H2,(H,20,25). The fourth-order valence-electron chi connectivity index (χ4n) is 3.08. The second-order valence-electron chi connectivity index (χ2n) is 6.24. The van der Waals surface area contributed by atoms with E-state index in [9.17, 15) is 9.18 Å². The Morgan fingerprint density at radius 1 is 1.19 bits per heavy atom. The molecule has 0 spiro atoms. The summed E-state index contributed by atoms with van der Waals surface area (Å²) in [7, 11) is 0. The van der Waals surface area contributed by atoms with Crippen molar-refractivity contribution in [3.63, 3.8) is 0 Å². The number of anilines is 2. The van der Waals surface area contributed by atoms with Crippen LogP contribution < -0.4 is 10.2 Å². The van der Waals surface area contributed by atoms with Crippen LogP contribution in [-0.4, -0.2) is 33.8 Å². The van der Waals surface area contributed by atoms with Crippen LogP contribution in [0.5, 0.6) is 0 Å². The lowest BCUT2D eigenvalue weighted by molar-refractivity contribution is -0.120. The second-order valence-corrected chi connectivity index (χ2v) is 7.18. The fraction of sp³-hybridized carbons (Fsp3) is 0.278. The van der Waals surface area contributed by atoms with Crippen molar-refractivity contribution in [1.82, 2.24) is 14.8 Å². The van der Waals surface area contributed by atoms with E-state index in [1.807, 2.05) is 29.1 Å². The van der Waals surface area contributed by atoms with Gasteiger partial charge in [-0.25, -0.2) is 4.39 Å². The maximum absolute atomic E-state index is 13.3. The van der Waals surface area contributed by atoms with E-state index in [2.05, 4.69) is 20.4 Å². The van der Waals surface area contributed by atoms with E-state index < -0.39 is 0 Å². The van der Waals surface area contributed by atoms with Crippen molar-refractivity contribution < 1.29 is 9.18 Å². The van der Waals surface area contributed by atoms with E-state index in [0.717, 1.165) is 29.6 Å². The Morgan fingerprint density at radius 2 is 2.00 bits per heavy atom. The molecule has 1 unspecified atom stereocenters. The minimum absolute atomic E-state index is 0.0875. The molecule has 8 heteroatoms. The molecular formula is C18H18FN5OS. The number of nitrogens with zero attached hydrogens (tertiary/aromatic N) is 4. The maximum Gasteiger partial charge on any atom is 0.229 e. The zero-order chi connectivity index (χ0) is 17.9. The number of hydrogen-bond donors (Lipinski definition) is 1. The van der Waals surface area contributed by atoms with Crippen LogP contribution in [0.1, 0.15) is 12.8 Å². The Kier molecular flexibility index (Phi) is 4.66. The Balaban J connectivity index is 1.43. The summed E-state index contributed by atoms with van der Waals surface area (Å²) >= 11 is 1.50. The lowest BCUT2D eigenvalue weighted by Gasteiger charge is -2.31. The van der Waals surface area contributed by atoms with E-state index in [1.165, 1.54) is 23.5 Å². The molecule has 1 fully saturated rings. The number of aromatic nitrogens is 3. The molecule has 26 heavy (non-hydrogen) atoms. The quantitative estimate of drug-likeness (QED) is 0.764. The summed E-state index contributed by atoms with van der Waals surface area (Å²) in [6, 6.07) is 9.84. The molecule has 4 rings (SSSR count). The third kappa shape index (κ3) is 3.60. The normalized spacial score (nSPS) is 17.3. The highest BCUT2D eigenvalue weighted by molar-refractivity contribution is 7.17. The molecule has 1 saturated heterocycles. The van der Waals surface area contributed by atoms with E-state index in [1.54, 1.807) is 12.1 Å². The van der Waals surface area contributed by atoms with Gasteiger partial charge in [0.15, 0.2) is 0 Å².